The van der Waals surface area contributed by atoms with Crippen LogP contribution in [-0.4, -0.2) is 30.7 Å². The Kier molecular flexibility index (Phi) is 6.51. The van der Waals surface area contributed by atoms with Crippen LogP contribution < -0.4 is 11.5 Å². The third-order valence-electron chi connectivity index (χ3n) is 2.80. The van der Waals surface area contributed by atoms with E-state index in [1.807, 2.05) is 0 Å². The Hall–Kier alpha value is -2.84. The van der Waals surface area contributed by atoms with Crippen LogP contribution in [0.1, 0.15) is 24.2 Å². The fourth-order valence-electron chi connectivity index (χ4n) is 1.80. The minimum atomic E-state index is -1.40. The Morgan fingerprint density at radius 1 is 1.17 bits per heavy atom. The Morgan fingerprint density at radius 2 is 1.71 bits per heavy atom. The van der Waals surface area contributed by atoms with Gasteiger partial charge in [-0.3, -0.25) is 9.79 Å². The zero-order chi connectivity index (χ0) is 18.4. The topological polar surface area (TPSA) is 108 Å². The molecule has 6 nitrogen and oxygen atoms in total. The average Bonchev–Trinajstić information content (AvgIpc) is 2.44. The number of hydrogen-bond acceptors (Lipinski definition) is 5. The third-order valence-corrected chi connectivity index (χ3v) is 2.80. The van der Waals surface area contributed by atoms with Gasteiger partial charge in [0.1, 0.15) is 28.9 Å². The molecule has 1 rings (SSSR count). The molecule has 1 aromatic rings. The van der Waals surface area contributed by atoms with Gasteiger partial charge in [-0.1, -0.05) is 0 Å². The van der Waals surface area contributed by atoms with Gasteiger partial charge in [0.15, 0.2) is 6.61 Å². The van der Waals surface area contributed by atoms with Crippen molar-refractivity contribution in [3.05, 3.63) is 46.4 Å². The predicted octanol–water partition coefficient (Wildman–Crippen LogP) is 1.44. The highest BCUT2D eigenvalue weighted by molar-refractivity contribution is 6.19. The van der Waals surface area contributed by atoms with Crippen molar-refractivity contribution in [1.82, 2.24) is 0 Å². The summed E-state index contributed by atoms with van der Waals surface area (Å²) in [6.07, 6.45) is 0. The number of nitrogens with zero attached hydrogens (tertiary/aromatic N) is 1. The van der Waals surface area contributed by atoms with Crippen LogP contribution in [0, 0.1) is 17.5 Å². The van der Waals surface area contributed by atoms with Crippen LogP contribution in [0.15, 0.2) is 28.4 Å². The van der Waals surface area contributed by atoms with E-state index in [1.54, 1.807) is 6.92 Å². The number of carbonyl (C=O) groups excluding carboxylic acids is 2. The quantitative estimate of drug-likeness (QED) is 0.267. The van der Waals surface area contributed by atoms with Crippen molar-refractivity contribution < 1.29 is 27.5 Å². The third kappa shape index (κ3) is 4.58. The Labute approximate surface area is 136 Å². The highest BCUT2D eigenvalue weighted by Gasteiger charge is 2.23. The second-order valence-corrected chi connectivity index (χ2v) is 4.66. The fourth-order valence-corrected chi connectivity index (χ4v) is 1.80. The molecular weight excluding hydrogens is 327 g/mol. The molecular formula is C15H16F3N3O3. The molecule has 9 heteroatoms. The van der Waals surface area contributed by atoms with Gasteiger partial charge in [0.2, 0.25) is 5.78 Å². The molecule has 0 bridgehead atoms. The summed E-state index contributed by atoms with van der Waals surface area (Å²) in [7, 11) is 0. The van der Waals surface area contributed by atoms with E-state index in [2.05, 4.69) is 9.73 Å². The summed E-state index contributed by atoms with van der Waals surface area (Å²) >= 11 is 0. The molecule has 0 aliphatic heterocycles. The molecule has 0 aliphatic carbocycles. The SMILES string of the molecule is CCN=C(N)C(C(=O)OCC(=O)c1c(F)cc(F)cc1F)=C(C)N. The molecule has 0 fully saturated rings. The molecule has 0 saturated heterocycles. The first-order valence-electron chi connectivity index (χ1n) is 6.80. The van der Waals surface area contributed by atoms with Gasteiger partial charge in [0.25, 0.3) is 0 Å². The van der Waals surface area contributed by atoms with Crippen molar-refractivity contribution in [1.29, 1.82) is 0 Å². The van der Waals surface area contributed by atoms with Gasteiger partial charge < -0.3 is 16.2 Å². The van der Waals surface area contributed by atoms with E-state index in [0.717, 1.165) is 0 Å². The van der Waals surface area contributed by atoms with E-state index in [1.165, 1.54) is 6.92 Å². The molecule has 0 unspecified atom stereocenters. The van der Waals surface area contributed by atoms with Crippen LogP contribution in [-0.2, 0) is 9.53 Å². The molecule has 0 heterocycles. The number of esters is 1. The van der Waals surface area contributed by atoms with E-state index >= 15 is 0 Å². The number of benzene rings is 1. The number of ether oxygens (including phenoxy) is 1. The van der Waals surface area contributed by atoms with Crippen LogP contribution in [0.5, 0.6) is 0 Å². The van der Waals surface area contributed by atoms with E-state index in [4.69, 9.17) is 11.5 Å². The maximum atomic E-state index is 13.5. The normalized spacial score (nSPS) is 12.6. The van der Waals surface area contributed by atoms with Crippen LogP contribution in [0.3, 0.4) is 0 Å². The zero-order valence-corrected chi connectivity index (χ0v) is 13.0. The molecule has 24 heavy (non-hydrogen) atoms. The number of ketones is 1. The molecule has 0 saturated carbocycles. The lowest BCUT2D eigenvalue weighted by Crippen LogP contribution is -2.28. The van der Waals surface area contributed by atoms with E-state index in [9.17, 15) is 22.8 Å². The van der Waals surface area contributed by atoms with Gasteiger partial charge in [-0.15, -0.1) is 0 Å². The van der Waals surface area contributed by atoms with Gasteiger partial charge in [-0.2, -0.15) is 0 Å². The summed E-state index contributed by atoms with van der Waals surface area (Å²) < 4.78 is 44.5. The Morgan fingerprint density at radius 3 is 2.17 bits per heavy atom. The standard InChI is InChI=1S/C15H16F3N3O3/c1-3-21-14(20)12(7(2)19)15(23)24-6-11(22)13-9(17)4-8(16)5-10(13)18/h4-5H,3,6,19H2,1-2H3,(H2,20,21). The molecule has 0 aliphatic rings. The van der Waals surface area contributed by atoms with E-state index < -0.39 is 41.4 Å². The molecule has 130 valence electrons. The Bertz CT molecular complexity index is 703. The smallest absolute Gasteiger partial charge is 0.344 e. The number of allylic oxidation sites excluding steroid dienone is 1. The van der Waals surface area contributed by atoms with Gasteiger partial charge in [0, 0.05) is 24.4 Å². The molecule has 0 atom stereocenters. The van der Waals surface area contributed by atoms with E-state index in [0.29, 0.717) is 12.1 Å². The minimum absolute atomic E-state index is 0.00120. The number of carbonyl (C=O) groups is 2. The summed E-state index contributed by atoms with van der Waals surface area (Å²) in [5.74, 6) is -6.41. The van der Waals surface area contributed by atoms with Gasteiger partial charge in [-0.25, -0.2) is 18.0 Å². The average molecular weight is 343 g/mol. The molecule has 0 radical (unpaired) electrons. The maximum Gasteiger partial charge on any atom is 0.344 e. The lowest BCUT2D eigenvalue weighted by molar-refractivity contribution is -0.137. The maximum absolute atomic E-state index is 13.5. The van der Waals surface area contributed by atoms with E-state index in [-0.39, 0.29) is 23.7 Å². The number of amidine groups is 1. The second-order valence-electron chi connectivity index (χ2n) is 4.66. The summed E-state index contributed by atoms with van der Waals surface area (Å²) in [6.45, 7) is 2.34. The number of halogens is 3. The fraction of sp³-hybridized carbons (Fsp3) is 0.267. The van der Waals surface area contributed by atoms with Gasteiger partial charge in [0.05, 0.1) is 5.56 Å². The van der Waals surface area contributed by atoms with Crippen LogP contribution in [0.4, 0.5) is 13.2 Å². The number of hydrogen-bond donors (Lipinski definition) is 2. The first kappa shape index (κ1) is 19.2. The molecule has 0 spiro atoms. The second kappa shape index (κ2) is 8.14. The first-order chi connectivity index (χ1) is 11.2. The van der Waals surface area contributed by atoms with Gasteiger partial charge in [-0.05, 0) is 13.8 Å². The summed E-state index contributed by atoms with van der Waals surface area (Å²) in [5.41, 5.74) is 9.85. The van der Waals surface area contributed by atoms with Crippen LogP contribution >= 0.6 is 0 Å². The van der Waals surface area contributed by atoms with Crippen molar-refractivity contribution in [3.63, 3.8) is 0 Å². The summed E-state index contributed by atoms with van der Waals surface area (Å²) in [4.78, 5) is 27.5. The summed E-state index contributed by atoms with van der Waals surface area (Å²) in [5, 5.41) is 0. The molecule has 4 N–H and O–H groups in total. The summed E-state index contributed by atoms with van der Waals surface area (Å²) in [6, 6.07) is 0.693. The molecule has 1 aromatic carbocycles. The van der Waals surface area contributed by atoms with Crippen molar-refractivity contribution in [2.45, 2.75) is 13.8 Å². The Balaban J connectivity index is 2.93. The largest absolute Gasteiger partial charge is 0.454 e. The molecule has 0 aromatic heterocycles. The van der Waals surface area contributed by atoms with Crippen molar-refractivity contribution in [2.24, 2.45) is 16.5 Å². The predicted molar refractivity (Wildman–Crippen MR) is 80.7 cm³/mol. The van der Waals surface area contributed by atoms with Crippen LogP contribution in [0.2, 0.25) is 0 Å². The molecule has 0 amide bonds. The van der Waals surface area contributed by atoms with Crippen LogP contribution in [0.25, 0.3) is 0 Å². The van der Waals surface area contributed by atoms with Crippen molar-refractivity contribution in [2.75, 3.05) is 13.2 Å². The number of Topliss-reactive ketones (excluding diaryl/α,β-unsaturated/α-hetero) is 1. The van der Waals surface area contributed by atoms with Gasteiger partial charge >= 0.3 is 5.97 Å². The monoisotopic (exact) mass is 343 g/mol. The number of rotatable bonds is 6. The lowest BCUT2D eigenvalue weighted by atomic mass is 10.1. The highest BCUT2D eigenvalue weighted by Crippen LogP contribution is 2.16. The van der Waals surface area contributed by atoms with Crippen molar-refractivity contribution in [3.8, 4) is 0 Å². The van der Waals surface area contributed by atoms with Crippen molar-refractivity contribution >= 4 is 17.6 Å². The minimum Gasteiger partial charge on any atom is -0.454 e. The lowest BCUT2D eigenvalue weighted by Gasteiger charge is -2.10. The highest BCUT2D eigenvalue weighted by atomic mass is 19.1. The number of aliphatic imine (C=N–C) groups is 1. The first-order valence-corrected chi connectivity index (χ1v) is 6.80. The zero-order valence-electron chi connectivity index (χ0n) is 13.0. The number of nitrogens with two attached hydrogens (primary N) is 2.